The number of nitrogens with one attached hydrogen (secondary N) is 1. The highest BCUT2D eigenvalue weighted by Gasteiger charge is 2.21. The Labute approximate surface area is 139 Å². The normalized spacial score (nSPS) is 12.7. The number of benzene rings is 1. The van der Waals surface area contributed by atoms with Gasteiger partial charge in [-0.15, -0.1) is 11.3 Å². The monoisotopic (exact) mass is 395 g/mol. The second-order valence-corrected chi connectivity index (χ2v) is 6.99. The lowest BCUT2D eigenvalue weighted by Crippen LogP contribution is -2.22. The van der Waals surface area contributed by atoms with Gasteiger partial charge >= 0.3 is 6.61 Å². The number of para-hydroxylation sites is 1. The molecule has 2 aromatic rings. The van der Waals surface area contributed by atoms with Crippen LogP contribution in [0.4, 0.5) is 8.78 Å². The summed E-state index contributed by atoms with van der Waals surface area (Å²) in [7, 11) is 0. The molecule has 0 saturated heterocycles. The minimum Gasteiger partial charge on any atom is -0.434 e. The summed E-state index contributed by atoms with van der Waals surface area (Å²) in [6.45, 7) is -0.221. The smallest absolute Gasteiger partial charge is 0.387 e. The van der Waals surface area contributed by atoms with Crippen LogP contribution in [-0.4, -0.2) is 13.2 Å². The van der Waals surface area contributed by atoms with Crippen molar-refractivity contribution in [2.45, 2.75) is 19.6 Å². The van der Waals surface area contributed by atoms with Crippen LogP contribution in [0.1, 0.15) is 23.4 Å². The van der Waals surface area contributed by atoms with E-state index >= 15 is 0 Å². The van der Waals surface area contributed by atoms with Crippen LogP contribution in [0.5, 0.6) is 5.75 Å². The Bertz CT molecular complexity index is 589. The molecule has 0 bridgehead atoms. The molecule has 0 saturated carbocycles. The first-order valence-corrected chi connectivity index (χ1v) is 8.23. The summed E-state index contributed by atoms with van der Waals surface area (Å²) in [4.78, 5) is 0.930. The highest BCUT2D eigenvalue weighted by atomic mass is 79.9. The summed E-state index contributed by atoms with van der Waals surface area (Å²) in [6, 6.07) is 8.34. The minimum atomic E-state index is -2.85. The second-order valence-electron chi connectivity index (χ2n) is 4.18. The Kier molecular flexibility index (Phi) is 5.98. The topological polar surface area (TPSA) is 21.3 Å². The molecule has 0 amide bonds. The third kappa shape index (κ3) is 4.16. The van der Waals surface area contributed by atoms with E-state index in [4.69, 9.17) is 11.6 Å². The SMILES string of the molecule is CCNC(c1cc(Cl)c(Br)s1)c1ccccc1OC(F)F. The largest absolute Gasteiger partial charge is 0.434 e. The molecule has 0 fully saturated rings. The third-order valence-corrected chi connectivity index (χ3v) is 5.34. The van der Waals surface area contributed by atoms with Crippen LogP contribution < -0.4 is 10.1 Å². The van der Waals surface area contributed by atoms with E-state index in [2.05, 4.69) is 26.0 Å². The van der Waals surface area contributed by atoms with E-state index in [9.17, 15) is 8.78 Å². The zero-order valence-corrected chi connectivity index (χ0v) is 14.2. The average Bonchev–Trinajstić information content (AvgIpc) is 2.76. The molecular weight excluding hydrogens is 384 g/mol. The van der Waals surface area contributed by atoms with Gasteiger partial charge in [0, 0.05) is 10.4 Å². The minimum absolute atomic E-state index is 0.166. The van der Waals surface area contributed by atoms with E-state index in [0.29, 0.717) is 17.1 Å². The molecule has 0 aliphatic rings. The first-order valence-electron chi connectivity index (χ1n) is 6.24. The van der Waals surface area contributed by atoms with Crippen LogP contribution >= 0.6 is 38.9 Å². The van der Waals surface area contributed by atoms with Gasteiger partial charge in [-0.3, -0.25) is 0 Å². The Morgan fingerprint density at radius 3 is 2.67 bits per heavy atom. The van der Waals surface area contributed by atoms with Gasteiger partial charge < -0.3 is 10.1 Å². The van der Waals surface area contributed by atoms with Crippen molar-refractivity contribution < 1.29 is 13.5 Å². The van der Waals surface area contributed by atoms with Gasteiger partial charge in [-0.05, 0) is 34.6 Å². The van der Waals surface area contributed by atoms with Gasteiger partial charge in [-0.2, -0.15) is 8.78 Å². The summed E-state index contributed by atoms with van der Waals surface area (Å²) in [5.41, 5.74) is 0.657. The first-order chi connectivity index (χ1) is 10.0. The van der Waals surface area contributed by atoms with Crippen molar-refractivity contribution in [1.82, 2.24) is 5.32 Å². The Morgan fingerprint density at radius 1 is 1.38 bits per heavy atom. The highest BCUT2D eigenvalue weighted by molar-refractivity contribution is 9.11. The predicted molar refractivity (Wildman–Crippen MR) is 85.6 cm³/mol. The molecule has 0 spiro atoms. The molecule has 1 unspecified atom stereocenters. The van der Waals surface area contributed by atoms with Gasteiger partial charge in [0.15, 0.2) is 0 Å². The van der Waals surface area contributed by atoms with Gasteiger partial charge in [0.2, 0.25) is 0 Å². The maximum atomic E-state index is 12.6. The van der Waals surface area contributed by atoms with Crippen molar-refractivity contribution in [2.24, 2.45) is 0 Å². The molecule has 1 aromatic carbocycles. The van der Waals surface area contributed by atoms with E-state index in [1.54, 1.807) is 18.2 Å². The van der Waals surface area contributed by atoms with E-state index in [1.807, 2.05) is 13.0 Å². The fourth-order valence-corrected chi connectivity index (χ4v) is 3.84. The maximum absolute atomic E-state index is 12.6. The van der Waals surface area contributed by atoms with Crippen molar-refractivity contribution in [1.29, 1.82) is 0 Å². The molecule has 1 atom stereocenters. The predicted octanol–water partition coefficient (Wildman–Crippen LogP) is 5.46. The van der Waals surface area contributed by atoms with Gasteiger partial charge in [-0.1, -0.05) is 36.7 Å². The number of halogens is 4. The summed E-state index contributed by atoms with van der Waals surface area (Å²) in [5.74, 6) is 0.166. The second kappa shape index (κ2) is 7.54. The number of alkyl halides is 2. The first kappa shape index (κ1) is 16.7. The van der Waals surface area contributed by atoms with Gasteiger partial charge in [0.05, 0.1) is 14.9 Å². The summed E-state index contributed by atoms with van der Waals surface area (Å²) >= 11 is 10.9. The standard InChI is InChI=1S/C14H13BrClF2NOS/c1-2-19-12(11-7-9(16)13(15)21-11)8-5-3-4-6-10(8)20-14(17)18/h3-7,12,14,19H,2H2,1H3. The fourth-order valence-electron chi connectivity index (χ4n) is 2.00. The quantitative estimate of drug-likeness (QED) is 0.699. The van der Waals surface area contributed by atoms with Gasteiger partial charge in [0.25, 0.3) is 0 Å². The van der Waals surface area contributed by atoms with Crippen molar-refractivity contribution in [3.63, 3.8) is 0 Å². The zero-order valence-electron chi connectivity index (χ0n) is 11.1. The number of hydrogen-bond donors (Lipinski definition) is 1. The Morgan fingerprint density at radius 2 is 2.10 bits per heavy atom. The summed E-state index contributed by atoms with van der Waals surface area (Å²) < 4.78 is 30.5. The molecule has 0 radical (unpaired) electrons. The van der Waals surface area contributed by atoms with Crippen LogP contribution in [0.25, 0.3) is 0 Å². The zero-order chi connectivity index (χ0) is 15.4. The average molecular weight is 397 g/mol. The van der Waals surface area contributed by atoms with Crippen molar-refractivity contribution in [3.8, 4) is 5.75 Å². The lowest BCUT2D eigenvalue weighted by atomic mass is 10.0. The van der Waals surface area contributed by atoms with Gasteiger partial charge in [-0.25, -0.2) is 0 Å². The van der Waals surface area contributed by atoms with Crippen molar-refractivity contribution >= 4 is 38.9 Å². The van der Waals surface area contributed by atoms with Gasteiger partial charge in [0.1, 0.15) is 5.75 Å². The molecule has 1 heterocycles. The van der Waals surface area contributed by atoms with Crippen LogP contribution in [0.3, 0.4) is 0 Å². The Hall–Kier alpha value is -0.690. The van der Waals surface area contributed by atoms with Crippen molar-refractivity contribution in [3.05, 3.63) is 49.6 Å². The van der Waals surface area contributed by atoms with Crippen LogP contribution in [0.2, 0.25) is 5.02 Å². The van der Waals surface area contributed by atoms with E-state index in [-0.39, 0.29) is 11.8 Å². The van der Waals surface area contributed by atoms with Crippen LogP contribution in [0.15, 0.2) is 34.1 Å². The molecule has 2 nitrogen and oxygen atoms in total. The molecule has 1 N–H and O–H groups in total. The molecule has 114 valence electrons. The van der Waals surface area contributed by atoms with E-state index in [1.165, 1.54) is 17.4 Å². The van der Waals surface area contributed by atoms with Crippen molar-refractivity contribution in [2.75, 3.05) is 6.54 Å². The summed E-state index contributed by atoms with van der Waals surface area (Å²) in [6.07, 6.45) is 0. The summed E-state index contributed by atoms with van der Waals surface area (Å²) in [5, 5.41) is 3.88. The molecule has 1 aromatic heterocycles. The molecule has 7 heteroatoms. The lowest BCUT2D eigenvalue weighted by Gasteiger charge is -2.20. The highest BCUT2D eigenvalue weighted by Crippen LogP contribution is 2.39. The fraction of sp³-hybridized carbons (Fsp3) is 0.286. The number of ether oxygens (including phenoxy) is 1. The number of thiophene rings is 1. The molecular formula is C14H13BrClF2NOS. The lowest BCUT2D eigenvalue weighted by molar-refractivity contribution is -0.0506. The third-order valence-electron chi connectivity index (χ3n) is 2.80. The number of rotatable bonds is 6. The molecule has 0 aliphatic carbocycles. The number of hydrogen-bond acceptors (Lipinski definition) is 3. The molecule has 21 heavy (non-hydrogen) atoms. The van der Waals surface area contributed by atoms with E-state index in [0.717, 1.165) is 8.66 Å². The Balaban J connectivity index is 2.42. The molecule has 2 rings (SSSR count). The maximum Gasteiger partial charge on any atom is 0.387 e. The van der Waals surface area contributed by atoms with Crippen LogP contribution in [-0.2, 0) is 0 Å². The van der Waals surface area contributed by atoms with E-state index < -0.39 is 6.61 Å². The van der Waals surface area contributed by atoms with Crippen LogP contribution in [0, 0.1) is 0 Å². The molecule has 0 aliphatic heterocycles.